The van der Waals surface area contributed by atoms with E-state index in [0.29, 0.717) is 0 Å². The fraction of sp³-hybridized carbons (Fsp3) is 0.200. The van der Waals surface area contributed by atoms with Gasteiger partial charge in [0.05, 0.1) is 0 Å². The molecule has 0 heterocycles. The Labute approximate surface area is 120 Å². The number of benzene rings is 4. The van der Waals surface area contributed by atoms with Gasteiger partial charge in [-0.2, -0.15) is 0 Å². The normalized spacial score (nSPS) is 11.0. The molecule has 0 bridgehead atoms. The molecule has 0 aliphatic heterocycles. The van der Waals surface area contributed by atoms with Crippen LogP contribution < -0.4 is 0 Å². The third-order valence-corrected chi connectivity index (χ3v) is 4.10. The highest BCUT2D eigenvalue weighted by Crippen LogP contribution is 2.36. The zero-order chi connectivity index (χ0) is 14.3. The Kier molecular flexibility index (Phi) is 3.10. The van der Waals surface area contributed by atoms with Gasteiger partial charge in [0.15, 0.2) is 0 Å². The van der Waals surface area contributed by atoms with Crippen molar-refractivity contribution in [2.45, 2.75) is 27.7 Å². The topological polar surface area (TPSA) is 0 Å². The summed E-state index contributed by atoms with van der Waals surface area (Å²) in [6, 6.07) is 17.9. The fourth-order valence-electron chi connectivity index (χ4n) is 3.09. The maximum atomic E-state index is 2.27. The second-order valence-corrected chi connectivity index (χ2v) is 5.19. The minimum Gasteiger partial charge on any atom is -0.0683 e. The van der Waals surface area contributed by atoms with Crippen LogP contribution in [0.1, 0.15) is 25.0 Å². The molecule has 0 aromatic heterocycles. The molecule has 0 spiro atoms. The van der Waals surface area contributed by atoms with E-state index in [1.165, 1.54) is 43.4 Å². The van der Waals surface area contributed by atoms with E-state index in [4.69, 9.17) is 0 Å². The summed E-state index contributed by atoms with van der Waals surface area (Å²) >= 11 is 0. The van der Waals surface area contributed by atoms with Crippen molar-refractivity contribution in [1.29, 1.82) is 0 Å². The summed E-state index contributed by atoms with van der Waals surface area (Å²) in [7, 11) is 0. The Hall–Kier alpha value is -2.08. The smallest absolute Gasteiger partial charge is 0.00240 e. The lowest BCUT2D eigenvalue weighted by Crippen LogP contribution is -1.87. The summed E-state index contributed by atoms with van der Waals surface area (Å²) in [5.41, 5.74) is 2.72. The van der Waals surface area contributed by atoms with Crippen molar-refractivity contribution in [3.8, 4) is 0 Å². The molecule has 4 rings (SSSR count). The molecule has 100 valence electrons. The Bertz CT molecular complexity index is 809. The molecule has 4 aromatic rings. The van der Waals surface area contributed by atoms with Crippen LogP contribution in [-0.2, 0) is 0 Å². The van der Waals surface area contributed by atoms with Crippen LogP contribution in [0, 0.1) is 13.8 Å². The minimum atomic E-state index is 1.35. The summed E-state index contributed by atoms with van der Waals surface area (Å²) in [4.78, 5) is 0. The molecule has 0 heteroatoms. The van der Waals surface area contributed by atoms with Crippen molar-refractivity contribution in [2.24, 2.45) is 0 Å². The van der Waals surface area contributed by atoms with Gasteiger partial charge in [0, 0.05) is 0 Å². The Morgan fingerprint density at radius 3 is 1.25 bits per heavy atom. The van der Waals surface area contributed by atoms with Gasteiger partial charge in [-0.25, -0.2) is 0 Å². The summed E-state index contributed by atoms with van der Waals surface area (Å²) in [5, 5.41) is 8.31. The maximum absolute atomic E-state index is 2.27. The molecule has 0 N–H and O–H groups in total. The maximum Gasteiger partial charge on any atom is -0.00240 e. The number of aryl methyl sites for hydroxylation is 2. The van der Waals surface area contributed by atoms with Gasteiger partial charge in [0.1, 0.15) is 0 Å². The average Bonchev–Trinajstić information content (AvgIpc) is 2.51. The van der Waals surface area contributed by atoms with Crippen molar-refractivity contribution < 1.29 is 0 Å². The van der Waals surface area contributed by atoms with Gasteiger partial charge in [0.25, 0.3) is 0 Å². The van der Waals surface area contributed by atoms with Crippen molar-refractivity contribution in [3.63, 3.8) is 0 Å². The molecule has 0 saturated heterocycles. The predicted octanol–water partition coefficient (Wildman–Crippen LogP) is 6.23. The SMILES string of the molecule is CC.Cc1ccc2ccc3ccc(C)c4ccc1c2c34. The lowest BCUT2D eigenvalue weighted by molar-refractivity contribution is 1.50. The first-order chi connectivity index (χ1) is 9.75. The first kappa shape index (κ1) is 12.9. The fourth-order valence-corrected chi connectivity index (χ4v) is 3.09. The van der Waals surface area contributed by atoms with Gasteiger partial charge in [-0.05, 0) is 57.3 Å². The van der Waals surface area contributed by atoms with Crippen LogP contribution in [0.15, 0.2) is 48.5 Å². The highest BCUT2D eigenvalue weighted by molar-refractivity contribution is 6.24. The monoisotopic (exact) mass is 260 g/mol. The molecule has 0 saturated carbocycles. The second kappa shape index (κ2) is 4.79. The molecule has 0 aliphatic carbocycles. The molecule has 0 amide bonds. The first-order valence-electron chi connectivity index (χ1n) is 7.39. The summed E-state index contributed by atoms with van der Waals surface area (Å²) < 4.78 is 0. The molecule has 0 aliphatic rings. The molecule has 0 radical (unpaired) electrons. The predicted molar refractivity (Wildman–Crippen MR) is 91.0 cm³/mol. The van der Waals surface area contributed by atoms with E-state index in [-0.39, 0.29) is 0 Å². The molecule has 20 heavy (non-hydrogen) atoms. The Morgan fingerprint density at radius 2 is 0.850 bits per heavy atom. The minimum absolute atomic E-state index is 1.35. The number of rotatable bonds is 0. The van der Waals surface area contributed by atoms with Gasteiger partial charge in [0.2, 0.25) is 0 Å². The summed E-state index contributed by atoms with van der Waals surface area (Å²) in [6.07, 6.45) is 0. The summed E-state index contributed by atoms with van der Waals surface area (Å²) in [6.45, 7) is 8.39. The van der Waals surface area contributed by atoms with E-state index >= 15 is 0 Å². The van der Waals surface area contributed by atoms with E-state index in [9.17, 15) is 0 Å². The highest BCUT2D eigenvalue weighted by Gasteiger charge is 2.09. The molecular weight excluding hydrogens is 240 g/mol. The van der Waals surface area contributed by atoms with Crippen LogP contribution >= 0.6 is 0 Å². The van der Waals surface area contributed by atoms with Crippen molar-refractivity contribution in [2.75, 3.05) is 0 Å². The average molecular weight is 260 g/mol. The molecular formula is C20H20. The Balaban J connectivity index is 0.000000581. The number of hydrogen-bond acceptors (Lipinski definition) is 0. The van der Waals surface area contributed by atoms with Crippen molar-refractivity contribution in [1.82, 2.24) is 0 Å². The van der Waals surface area contributed by atoms with E-state index < -0.39 is 0 Å². The van der Waals surface area contributed by atoms with E-state index in [0.717, 1.165) is 0 Å². The molecule has 0 nitrogen and oxygen atoms in total. The second-order valence-electron chi connectivity index (χ2n) is 5.19. The van der Waals surface area contributed by atoms with Crippen LogP contribution in [0.3, 0.4) is 0 Å². The van der Waals surface area contributed by atoms with Gasteiger partial charge in [-0.15, -0.1) is 0 Å². The highest BCUT2D eigenvalue weighted by atomic mass is 14.1. The zero-order valence-electron chi connectivity index (χ0n) is 12.6. The molecule has 0 fully saturated rings. The third-order valence-electron chi connectivity index (χ3n) is 4.10. The van der Waals surface area contributed by atoms with Gasteiger partial charge in [-0.3, -0.25) is 0 Å². The van der Waals surface area contributed by atoms with Gasteiger partial charge in [-0.1, -0.05) is 62.4 Å². The quantitative estimate of drug-likeness (QED) is 0.329. The van der Waals surface area contributed by atoms with Crippen LogP contribution in [-0.4, -0.2) is 0 Å². The molecule has 0 atom stereocenters. The van der Waals surface area contributed by atoms with E-state index in [2.05, 4.69) is 62.4 Å². The van der Waals surface area contributed by atoms with Gasteiger partial charge < -0.3 is 0 Å². The number of hydrogen-bond donors (Lipinski definition) is 0. The largest absolute Gasteiger partial charge is 0.0683 e. The molecule has 4 aromatic carbocycles. The zero-order valence-corrected chi connectivity index (χ0v) is 12.6. The van der Waals surface area contributed by atoms with Crippen LogP contribution in [0.4, 0.5) is 0 Å². The van der Waals surface area contributed by atoms with Crippen LogP contribution in [0.25, 0.3) is 32.3 Å². The lowest BCUT2D eigenvalue weighted by atomic mass is 9.91. The lowest BCUT2D eigenvalue weighted by Gasteiger charge is -2.13. The Morgan fingerprint density at radius 1 is 0.500 bits per heavy atom. The van der Waals surface area contributed by atoms with Crippen LogP contribution in [0.2, 0.25) is 0 Å². The van der Waals surface area contributed by atoms with Crippen molar-refractivity contribution >= 4 is 32.3 Å². The first-order valence-corrected chi connectivity index (χ1v) is 7.39. The standard InChI is InChI=1S/C18H14.C2H6/c1-11-3-5-13-7-8-14-6-4-12(2)16-10-9-15(11)17(13)18(14)16;1-2/h3-10H,1-2H3;1-2H3. The van der Waals surface area contributed by atoms with Gasteiger partial charge >= 0.3 is 0 Å². The third kappa shape index (κ3) is 1.68. The van der Waals surface area contributed by atoms with Crippen molar-refractivity contribution in [3.05, 3.63) is 59.7 Å². The molecule has 0 unspecified atom stereocenters. The van der Waals surface area contributed by atoms with Crippen LogP contribution in [0.5, 0.6) is 0 Å². The van der Waals surface area contributed by atoms with E-state index in [1.807, 2.05) is 13.8 Å². The summed E-state index contributed by atoms with van der Waals surface area (Å²) in [5.74, 6) is 0. The van der Waals surface area contributed by atoms with E-state index in [1.54, 1.807) is 0 Å².